The van der Waals surface area contributed by atoms with Crippen LogP contribution >= 0.6 is 0 Å². The lowest BCUT2D eigenvalue weighted by atomic mass is 9.91. The van der Waals surface area contributed by atoms with Gasteiger partial charge in [0.25, 0.3) is 0 Å². The van der Waals surface area contributed by atoms with E-state index >= 15 is 0 Å². The molecule has 1 N–H and O–H groups in total. The molecule has 0 bridgehead atoms. The summed E-state index contributed by atoms with van der Waals surface area (Å²) in [6, 6.07) is -0.887. The van der Waals surface area contributed by atoms with Gasteiger partial charge in [-0.05, 0) is 12.3 Å². The molecule has 2 atom stereocenters. The zero-order valence-electron chi connectivity index (χ0n) is 9.49. The molecule has 7 heteroatoms. The lowest BCUT2D eigenvalue weighted by molar-refractivity contribution is -0.187. The molecule has 17 heavy (non-hydrogen) atoms. The monoisotopic (exact) mass is 253 g/mol. The zero-order chi connectivity index (χ0) is 13.4. The van der Waals surface area contributed by atoms with Crippen LogP contribution in [0.2, 0.25) is 0 Å². The summed E-state index contributed by atoms with van der Waals surface area (Å²) < 4.78 is 37.0. The van der Waals surface area contributed by atoms with Crippen molar-refractivity contribution in [1.29, 1.82) is 0 Å². The highest BCUT2D eigenvalue weighted by molar-refractivity contribution is 5.84. The Morgan fingerprint density at radius 2 is 1.88 bits per heavy atom. The number of rotatable bonds is 2. The molecular weight excluding hydrogens is 239 g/mol. The standard InChI is InChI=1S/C10H14F3NO3/c1-5(2)7-6(8(15)16)3-4-14(7)9(17)10(11,12)13/h5-7H,3-4H2,1-2H3,(H,15,16)/t6-,7-/m1/s1. The van der Waals surface area contributed by atoms with Crippen LogP contribution in [0.25, 0.3) is 0 Å². The molecule has 0 spiro atoms. The van der Waals surface area contributed by atoms with Crippen molar-refractivity contribution in [3.8, 4) is 0 Å². The van der Waals surface area contributed by atoms with E-state index in [0.29, 0.717) is 4.90 Å². The topological polar surface area (TPSA) is 57.6 Å². The first-order valence-electron chi connectivity index (χ1n) is 5.27. The van der Waals surface area contributed by atoms with Crippen LogP contribution in [0.4, 0.5) is 13.2 Å². The highest BCUT2D eigenvalue weighted by Gasteiger charge is 2.50. The lowest BCUT2D eigenvalue weighted by Crippen LogP contribution is -2.48. The minimum atomic E-state index is -4.94. The van der Waals surface area contributed by atoms with E-state index in [1.807, 2.05) is 0 Å². The summed E-state index contributed by atoms with van der Waals surface area (Å²) in [7, 11) is 0. The second kappa shape index (κ2) is 4.54. The van der Waals surface area contributed by atoms with E-state index in [2.05, 4.69) is 0 Å². The molecule has 1 fully saturated rings. The molecule has 0 saturated carbocycles. The average molecular weight is 253 g/mol. The van der Waals surface area contributed by atoms with Gasteiger partial charge in [-0.25, -0.2) is 0 Å². The highest BCUT2D eigenvalue weighted by atomic mass is 19.4. The third-order valence-electron chi connectivity index (χ3n) is 2.96. The van der Waals surface area contributed by atoms with E-state index in [9.17, 15) is 22.8 Å². The fourth-order valence-electron chi connectivity index (χ4n) is 2.31. The third kappa shape index (κ3) is 2.70. The van der Waals surface area contributed by atoms with Crippen molar-refractivity contribution in [2.45, 2.75) is 32.5 Å². The van der Waals surface area contributed by atoms with Crippen LogP contribution in [-0.2, 0) is 9.59 Å². The van der Waals surface area contributed by atoms with E-state index in [-0.39, 0.29) is 18.9 Å². The van der Waals surface area contributed by atoms with Crippen LogP contribution in [-0.4, -0.2) is 40.6 Å². The Bertz CT molecular complexity index is 327. The predicted molar refractivity (Wildman–Crippen MR) is 52.1 cm³/mol. The van der Waals surface area contributed by atoms with Crippen molar-refractivity contribution in [3.05, 3.63) is 0 Å². The Hall–Kier alpha value is -1.27. The summed E-state index contributed by atoms with van der Waals surface area (Å²) >= 11 is 0. The fraction of sp³-hybridized carbons (Fsp3) is 0.800. The molecule has 1 saturated heterocycles. The first-order chi connectivity index (χ1) is 7.66. The van der Waals surface area contributed by atoms with Gasteiger partial charge in [0.15, 0.2) is 0 Å². The van der Waals surface area contributed by atoms with Gasteiger partial charge >= 0.3 is 18.1 Å². The normalized spacial score (nSPS) is 25.4. The summed E-state index contributed by atoms with van der Waals surface area (Å²) in [5, 5.41) is 8.92. The first-order valence-corrected chi connectivity index (χ1v) is 5.27. The van der Waals surface area contributed by atoms with Crippen molar-refractivity contribution < 1.29 is 27.9 Å². The van der Waals surface area contributed by atoms with Crippen LogP contribution in [0.15, 0.2) is 0 Å². The molecule has 98 valence electrons. The number of aliphatic carboxylic acids is 1. The maximum absolute atomic E-state index is 12.3. The SMILES string of the molecule is CC(C)[C@@H]1[C@H](C(=O)O)CCN1C(=O)C(F)(F)F. The van der Waals surface area contributed by atoms with Crippen molar-refractivity contribution in [3.63, 3.8) is 0 Å². The minimum absolute atomic E-state index is 0.0694. The van der Waals surface area contributed by atoms with E-state index in [1.165, 1.54) is 0 Å². The molecule has 0 aromatic carbocycles. The van der Waals surface area contributed by atoms with Gasteiger partial charge in [-0.15, -0.1) is 0 Å². The van der Waals surface area contributed by atoms with Gasteiger partial charge in [-0.1, -0.05) is 13.8 Å². The second-order valence-electron chi connectivity index (χ2n) is 4.46. The molecule has 1 rings (SSSR count). The largest absolute Gasteiger partial charge is 0.481 e. The number of nitrogens with zero attached hydrogens (tertiary/aromatic N) is 1. The van der Waals surface area contributed by atoms with E-state index in [0.717, 1.165) is 0 Å². The van der Waals surface area contributed by atoms with Crippen molar-refractivity contribution in [1.82, 2.24) is 4.90 Å². The Balaban J connectivity index is 2.95. The third-order valence-corrected chi connectivity index (χ3v) is 2.96. The predicted octanol–water partition coefficient (Wildman–Crippen LogP) is 1.51. The highest BCUT2D eigenvalue weighted by Crippen LogP contribution is 2.33. The number of carboxylic acid groups (broad SMARTS) is 1. The molecule has 1 aliphatic rings. The number of alkyl halides is 3. The molecule has 1 aliphatic heterocycles. The van der Waals surface area contributed by atoms with Gasteiger partial charge in [0.05, 0.1) is 5.92 Å². The average Bonchev–Trinajstić information content (AvgIpc) is 2.58. The first kappa shape index (κ1) is 13.8. The number of hydrogen-bond acceptors (Lipinski definition) is 2. The van der Waals surface area contributed by atoms with Crippen LogP contribution in [0.1, 0.15) is 20.3 Å². The Kier molecular flexibility index (Phi) is 3.68. The molecule has 1 heterocycles. The summed E-state index contributed by atoms with van der Waals surface area (Å²) in [5.74, 6) is -4.34. The maximum atomic E-state index is 12.3. The van der Waals surface area contributed by atoms with Crippen molar-refractivity contribution in [2.75, 3.05) is 6.54 Å². The number of likely N-dealkylation sites (tertiary alicyclic amines) is 1. The molecule has 0 unspecified atom stereocenters. The summed E-state index contributed by atoms with van der Waals surface area (Å²) in [4.78, 5) is 22.7. The summed E-state index contributed by atoms with van der Waals surface area (Å²) in [6.45, 7) is 3.07. The number of carboxylic acids is 1. The Morgan fingerprint density at radius 1 is 1.35 bits per heavy atom. The van der Waals surface area contributed by atoms with Gasteiger partial charge < -0.3 is 10.0 Å². The zero-order valence-corrected chi connectivity index (χ0v) is 9.49. The molecule has 1 amide bonds. The molecular formula is C10H14F3NO3. The van der Waals surface area contributed by atoms with Crippen molar-refractivity contribution in [2.24, 2.45) is 11.8 Å². The van der Waals surface area contributed by atoms with E-state index in [1.54, 1.807) is 13.8 Å². The summed E-state index contributed by atoms with van der Waals surface area (Å²) in [6.07, 6.45) is -4.87. The number of hydrogen-bond donors (Lipinski definition) is 1. The molecule has 0 aromatic rings. The summed E-state index contributed by atoms with van der Waals surface area (Å²) in [5.41, 5.74) is 0. The van der Waals surface area contributed by atoms with Gasteiger partial charge in [0.2, 0.25) is 0 Å². The van der Waals surface area contributed by atoms with Crippen LogP contribution in [0.3, 0.4) is 0 Å². The maximum Gasteiger partial charge on any atom is 0.471 e. The van der Waals surface area contributed by atoms with Crippen LogP contribution in [0, 0.1) is 11.8 Å². The molecule has 0 aliphatic carbocycles. The van der Waals surface area contributed by atoms with Gasteiger partial charge in [-0.2, -0.15) is 13.2 Å². The van der Waals surface area contributed by atoms with Gasteiger partial charge in [-0.3, -0.25) is 9.59 Å². The van der Waals surface area contributed by atoms with Crippen molar-refractivity contribution >= 4 is 11.9 Å². The molecule has 4 nitrogen and oxygen atoms in total. The van der Waals surface area contributed by atoms with Gasteiger partial charge in [0.1, 0.15) is 0 Å². The number of carbonyl (C=O) groups excluding carboxylic acids is 1. The van der Waals surface area contributed by atoms with Crippen LogP contribution in [0.5, 0.6) is 0 Å². The molecule has 0 radical (unpaired) electrons. The Labute approximate surface area is 96.4 Å². The van der Waals surface area contributed by atoms with Crippen LogP contribution < -0.4 is 0 Å². The number of halogens is 3. The van der Waals surface area contributed by atoms with E-state index < -0.39 is 30.0 Å². The lowest BCUT2D eigenvalue weighted by Gasteiger charge is -2.30. The van der Waals surface area contributed by atoms with E-state index in [4.69, 9.17) is 5.11 Å². The quantitative estimate of drug-likeness (QED) is 0.811. The Morgan fingerprint density at radius 3 is 2.24 bits per heavy atom. The second-order valence-corrected chi connectivity index (χ2v) is 4.46. The number of amides is 1. The molecule has 0 aromatic heterocycles. The minimum Gasteiger partial charge on any atom is -0.481 e. The number of carbonyl (C=O) groups is 2. The smallest absolute Gasteiger partial charge is 0.471 e. The van der Waals surface area contributed by atoms with Gasteiger partial charge in [0, 0.05) is 12.6 Å². The fourth-order valence-corrected chi connectivity index (χ4v) is 2.31.